The number of H-pyrrole nitrogens is 1. The summed E-state index contributed by atoms with van der Waals surface area (Å²) in [6.07, 6.45) is 0.230. The molecule has 3 aromatic rings. The van der Waals surface area contributed by atoms with Gasteiger partial charge in [-0.3, -0.25) is 14.7 Å². The first-order valence-electron chi connectivity index (χ1n) is 7.43. The van der Waals surface area contributed by atoms with Gasteiger partial charge in [0.2, 0.25) is 5.91 Å². The number of carbonyl (C=O) groups excluding carboxylic acids is 1. The number of hydrogen-bond donors (Lipinski definition) is 2. The largest absolute Gasteiger partial charge is 0.352 e. The Morgan fingerprint density at radius 2 is 2.00 bits per heavy atom. The van der Waals surface area contributed by atoms with E-state index in [1.165, 1.54) is 6.07 Å². The Hall–Kier alpha value is -2.89. The molecular weight excluding hydrogens is 292 g/mol. The van der Waals surface area contributed by atoms with Gasteiger partial charge in [-0.05, 0) is 19.4 Å². The highest BCUT2D eigenvalue weighted by atomic mass is 16.1. The molecular formula is C17H18N4O2. The SMILES string of the molecule is Cc1nc2cc(=O)[nH]n2c(C)c1CC(=O)NCc1ccccc1. The van der Waals surface area contributed by atoms with Gasteiger partial charge in [-0.2, -0.15) is 0 Å². The molecule has 0 saturated carbocycles. The highest BCUT2D eigenvalue weighted by molar-refractivity contribution is 5.79. The molecule has 1 aromatic carbocycles. The summed E-state index contributed by atoms with van der Waals surface area (Å²) in [5.41, 5.74) is 3.83. The smallest absolute Gasteiger partial charge is 0.266 e. The molecule has 0 bridgehead atoms. The van der Waals surface area contributed by atoms with Gasteiger partial charge in [-0.1, -0.05) is 30.3 Å². The van der Waals surface area contributed by atoms with Crippen molar-refractivity contribution >= 4 is 11.6 Å². The van der Waals surface area contributed by atoms with Crippen molar-refractivity contribution in [2.24, 2.45) is 0 Å². The van der Waals surface area contributed by atoms with Gasteiger partial charge < -0.3 is 5.32 Å². The number of aryl methyl sites for hydroxylation is 2. The Morgan fingerprint density at radius 3 is 2.74 bits per heavy atom. The van der Waals surface area contributed by atoms with Crippen LogP contribution in [0.4, 0.5) is 0 Å². The second-order valence-corrected chi connectivity index (χ2v) is 5.51. The molecule has 2 heterocycles. The lowest BCUT2D eigenvalue weighted by Gasteiger charge is -2.11. The lowest BCUT2D eigenvalue weighted by atomic mass is 10.1. The van der Waals surface area contributed by atoms with Gasteiger partial charge in [0, 0.05) is 29.6 Å². The Bertz CT molecular complexity index is 909. The highest BCUT2D eigenvalue weighted by Crippen LogP contribution is 2.13. The summed E-state index contributed by atoms with van der Waals surface area (Å²) in [6, 6.07) is 11.2. The second-order valence-electron chi connectivity index (χ2n) is 5.51. The summed E-state index contributed by atoms with van der Waals surface area (Å²) in [4.78, 5) is 28.0. The van der Waals surface area contributed by atoms with Crippen molar-refractivity contribution in [1.29, 1.82) is 0 Å². The molecule has 2 N–H and O–H groups in total. The Labute approximate surface area is 133 Å². The van der Waals surface area contributed by atoms with Crippen LogP contribution in [0, 0.1) is 13.8 Å². The average Bonchev–Trinajstić information content (AvgIpc) is 2.91. The molecule has 3 rings (SSSR count). The van der Waals surface area contributed by atoms with Crippen molar-refractivity contribution in [2.45, 2.75) is 26.8 Å². The van der Waals surface area contributed by atoms with Crippen LogP contribution in [0.5, 0.6) is 0 Å². The van der Waals surface area contributed by atoms with E-state index >= 15 is 0 Å². The molecule has 118 valence electrons. The first kappa shape index (κ1) is 15.0. The predicted molar refractivity (Wildman–Crippen MR) is 87.3 cm³/mol. The van der Waals surface area contributed by atoms with Gasteiger partial charge in [0.1, 0.15) is 0 Å². The number of amides is 1. The summed E-state index contributed by atoms with van der Waals surface area (Å²) < 4.78 is 1.62. The third-order valence-corrected chi connectivity index (χ3v) is 3.87. The van der Waals surface area contributed by atoms with Crippen LogP contribution in [-0.2, 0) is 17.8 Å². The number of rotatable bonds is 4. The number of nitrogens with one attached hydrogen (secondary N) is 2. The topological polar surface area (TPSA) is 79.3 Å². The van der Waals surface area contributed by atoms with E-state index in [0.29, 0.717) is 12.2 Å². The standard InChI is InChI=1S/C17H18N4O2/c1-11-14(12(2)21-15(19-11)9-17(23)20-21)8-16(22)18-10-13-6-4-3-5-7-13/h3-7,9H,8,10H2,1-2H3,(H,18,22)(H,20,23). The minimum absolute atomic E-state index is 0.0734. The maximum Gasteiger partial charge on any atom is 0.266 e. The number of nitrogens with zero attached hydrogens (tertiary/aromatic N) is 2. The van der Waals surface area contributed by atoms with Crippen molar-refractivity contribution in [2.75, 3.05) is 0 Å². The van der Waals surface area contributed by atoms with Crippen LogP contribution in [-0.4, -0.2) is 20.5 Å². The molecule has 0 aliphatic carbocycles. The van der Waals surface area contributed by atoms with E-state index in [-0.39, 0.29) is 17.9 Å². The molecule has 0 fully saturated rings. The summed E-state index contributed by atoms with van der Waals surface area (Å²) in [5.74, 6) is -0.0734. The summed E-state index contributed by atoms with van der Waals surface area (Å²) in [7, 11) is 0. The fourth-order valence-corrected chi connectivity index (χ4v) is 2.63. The zero-order valence-electron chi connectivity index (χ0n) is 13.1. The normalized spacial score (nSPS) is 10.9. The van der Waals surface area contributed by atoms with Crippen molar-refractivity contribution in [3.63, 3.8) is 0 Å². The number of aromatic nitrogens is 3. The Kier molecular flexibility index (Phi) is 3.97. The summed E-state index contributed by atoms with van der Waals surface area (Å²) >= 11 is 0. The number of aromatic amines is 1. The monoisotopic (exact) mass is 310 g/mol. The van der Waals surface area contributed by atoms with Crippen LogP contribution in [0.1, 0.15) is 22.5 Å². The predicted octanol–water partition coefficient (Wildman–Crippen LogP) is 1.50. The van der Waals surface area contributed by atoms with E-state index in [1.54, 1.807) is 4.52 Å². The molecule has 0 radical (unpaired) electrons. The molecule has 0 aliphatic rings. The molecule has 1 amide bonds. The lowest BCUT2D eigenvalue weighted by Crippen LogP contribution is -2.25. The van der Waals surface area contributed by atoms with E-state index in [4.69, 9.17) is 0 Å². The third-order valence-electron chi connectivity index (χ3n) is 3.87. The zero-order chi connectivity index (χ0) is 16.4. The maximum atomic E-state index is 12.2. The molecule has 23 heavy (non-hydrogen) atoms. The van der Waals surface area contributed by atoms with E-state index < -0.39 is 0 Å². The summed E-state index contributed by atoms with van der Waals surface area (Å²) in [5, 5.41) is 5.60. The molecule has 2 aromatic heterocycles. The number of benzene rings is 1. The van der Waals surface area contributed by atoms with Crippen LogP contribution in [0.15, 0.2) is 41.2 Å². The van der Waals surface area contributed by atoms with Gasteiger partial charge in [-0.25, -0.2) is 9.50 Å². The van der Waals surface area contributed by atoms with Gasteiger partial charge in [0.25, 0.3) is 5.56 Å². The highest BCUT2D eigenvalue weighted by Gasteiger charge is 2.14. The van der Waals surface area contributed by atoms with Crippen molar-refractivity contribution in [1.82, 2.24) is 19.9 Å². The van der Waals surface area contributed by atoms with Gasteiger partial charge in [0.15, 0.2) is 5.65 Å². The molecule has 6 nitrogen and oxygen atoms in total. The fraction of sp³-hybridized carbons (Fsp3) is 0.235. The minimum atomic E-state index is -0.203. The van der Waals surface area contributed by atoms with Gasteiger partial charge >= 0.3 is 0 Å². The van der Waals surface area contributed by atoms with Crippen molar-refractivity contribution < 1.29 is 4.79 Å². The first-order valence-corrected chi connectivity index (χ1v) is 7.43. The van der Waals surface area contributed by atoms with E-state index in [1.807, 2.05) is 44.2 Å². The first-order chi connectivity index (χ1) is 11.0. The van der Waals surface area contributed by atoms with Gasteiger partial charge in [-0.15, -0.1) is 0 Å². The molecule has 0 unspecified atom stereocenters. The lowest BCUT2D eigenvalue weighted by molar-refractivity contribution is -0.120. The average molecular weight is 310 g/mol. The zero-order valence-corrected chi connectivity index (χ0v) is 13.1. The van der Waals surface area contributed by atoms with E-state index in [9.17, 15) is 9.59 Å². The summed E-state index contributed by atoms with van der Waals surface area (Å²) in [6.45, 7) is 4.22. The number of fused-ring (bicyclic) bond motifs is 1. The minimum Gasteiger partial charge on any atom is -0.352 e. The van der Waals surface area contributed by atoms with Gasteiger partial charge in [0.05, 0.1) is 6.42 Å². The quantitative estimate of drug-likeness (QED) is 0.766. The van der Waals surface area contributed by atoms with Crippen molar-refractivity contribution in [3.8, 4) is 0 Å². The van der Waals surface area contributed by atoms with Crippen molar-refractivity contribution in [3.05, 3.63) is 69.3 Å². The molecule has 0 atom stereocenters. The molecule has 6 heteroatoms. The second kappa shape index (κ2) is 6.08. The van der Waals surface area contributed by atoms with Crippen LogP contribution >= 0.6 is 0 Å². The van der Waals surface area contributed by atoms with Crippen LogP contribution in [0.3, 0.4) is 0 Å². The maximum absolute atomic E-state index is 12.2. The molecule has 0 aliphatic heterocycles. The van der Waals surface area contributed by atoms with E-state index in [2.05, 4.69) is 15.4 Å². The molecule has 0 saturated heterocycles. The fourth-order valence-electron chi connectivity index (χ4n) is 2.63. The Balaban J connectivity index is 1.78. The third kappa shape index (κ3) is 3.15. The number of carbonyl (C=O) groups is 1. The molecule has 0 spiro atoms. The van der Waals surface area contributed by atoms with E-state index in [0.717, 1.165) is 22.5 Å². The van der Waals surface area contributed by atoms with Crippen LogP contribution < -0.4 is 10.9 Å². The number of hydrogen-bond acceptors (Lipinski definition) is 3. The van der Waals surface area contributed by atoms with Crippen LogP contribution in [0.2, 0.25) is 0 Å². The van der Waals surface area contributed by atoms with Crippen LogP contribution in [0.25, 0.3) is 5.65 Å². The Morgan fingerprint density at radius 1 is 1.26 bits per heavy atom.